The Kier molecular flexibility index (Phi) is 5.93. The molecule has 0 heterocycles. The third-order valence-electron chi connectivity index (χ3n) is 2.40. The van der Waals surface area contributed by atoms with Crippen LogP contribution in [0.25, 0.3) is 6.08 Å². The van der Waals surface area contributed by atoms with E-state index in [4.69, 9.17) is 11.6 Å². The fourth-order valence-corrected chi connectivity index (χ4v) is 1.58. The highest BCUT2D eigenvalue weighted by atomic mass is 35.5. The predicted molar refractivity (Wildman–Crippen MR) is 76.5 cm³/mol. The molecular weight excluding hydrogens is 282 g/mol. The second kappa shape index (κ2) is 7.45. The van der Waals surface area contributed by atoms with Crippen LogP contribution in [0.5, 0.6) is 0 Å². The molecule has 6 heteroatoms. The van der Waals surface area contributed by atoms with E-state index >= 15 is 0 Å². The van der Waals surface area contributed by atoms with Gasteiger partial charge in [0, 0.05) is 12.5 Å². The van der Waals surface area contributed by atoms with Crippen molar-refractivity contribution in [3.63, 3.8) is 0 Å². The normalized spacial score (nSPS) is 12.0. The summed E-state index contributed by atoms with van der Waals surface area (Å²) in [5.41, 5.74) is 1.02. The minimum Gasteiger partial charge on any atom is -0.464 e. The SMILES string of the molecule is CON=C(C(=O)OC)c1ccccc1/C=C(\Cl)C(C)=O. The van der Waals surface area contributed by atoms with Gasteiger partial charge in [-0.05, 0) is 11.6 Å². The summed E-state index contributed by atoms with van der Waals surface area (Å²) in [4.78, 5) is 27.6. The van der Waals surface area contributed by atoms with Crippen molar-refractivity contribution in [2.45, 2.75) is 6.92 Å². The molecule has 1 aromatic carbocycles. The highest BCUT2D eigenvalue weighted by Crippen LogP contribution is 2.17. The average Bonchev–Trinajstić information content (AvgIpc) is 2.44. The van der Waals surface area contributed by atoms with Gasteiger partial charge < -0.3 is 9.57 Å². The first-order chi connectivity index (χ1) is 9.51. The summed E-state index contributed by atoms with van der Waals surface area (Å²) in [7, 11) is 2.57. The molecule has 0 amide bonds. The molecule has 0 saturated carbocycles. The summed E-state index contributed by atoms with van der Waals surface area (Å²) in [5, 5.41) is 3.72. The summed E-state index contributed by atoms with van der Waals surface area (Å²) < 4.78 is 4.66. The molecule has 20 heavy (non-hydrogen) atoms. The molecule has 0 saturated heterocycles. The van der Waals surface area contributed by atoms with Gasteiger partial charge in [0.05, 0.1) is 12.1 Å². The number of ketones is 1. The van der Waals surface area contributed by atoms with Crippen molar-refractivity contribution in [3.05, 3.63) is 40.4 Å². The Bertz CT molecular complexity index is 578. The van der Waals surface area contributed by atoms with E-state index in [2.05, 4.69) is 14.7 Å². The zero-order valence-corrected chi connectivity index (χ0v) is 12.1. The minimum atomic E-state index is -0.647. The lowest BCUT2D eigenvalue weighted by Crippen LogP contribution is -2.18. The molecule has 106 valence electrons. The lowest BCUT2D eigenvalue weighted by Gasteiger charge is -2.07. The maximum atomic E-state index is 11.7. The van der Waals surface area contributed by atoms with Crippen molar-refractivity contribution in [1.82, 2.24) is 0 Å². The van der Waals surface area contributed by atoms with Crippen LogP contribution < -0.4 is 0 Å². The topological polar surface area (TPSA) is 65.0 Å². The second-order valence-corrected chi connectivity index (χ2v) is 4.16. The summed E-state index contributed by atoms with van der Waals surface area (Å²) in [6.45, 7) is 1.35. The lowest BCUT2D eigenvalue weighted by atomic mass is 10.0. The number of nitrogens with zero attached hydrogens (tertiary/aromatic N) is 1. The third-order valence-corrected chi connectivity index (χ3v) is 2.77. The Hall–Kier alpha value is -2.14. The van der Waals surface area contributed by atoms with Gasteiger partial charge in [-0.1, -0.05) is 41.0 Å². The summed E-state index contributed by atoms with van der Waals surface area (Å²) >= 11 is 5.84. The molecule has 0 aliphatic carbocycles. The smallest absolute Gasteiger partial charge is 0.360 e. The molecule has 0 unspecified atom stereocenters. The minimum absolute atomic E-state index is 0.00475. The number of allylic oxidation sites excluding steroid dienone is 1. The number of carbonyl (C=O) groups is 2. The van der Waals surface area contributed by atoms with Gasteiger partial charge in [-0.3, -0.25) is 4.79 Å². The molecule has 0 bridgehead atoms. The maximum absolute atomic E-state index is 11.7. The van der Waals surface area contributed by atoms with Crippen molar-refractivity contribution >= 4 is 35.1 Å². The van der Waals surface area contributed by atoms with Gasteiger partial charge in [-0.2, -0.15) is 0 Å². The third kappa shape index (κ3) is 3.93. The van der Waals surface area contributed by atoms with Crippen molar-refractivity contribution in [2.24, 2.45) is 5.16 Å². The number of rotatable bonds is 5. The Balaban J connectivity index is 3.38. The van der Waals surface area contributed by atoms with Crippen LogP contribution in [0.1, 0.15) is 18.1 Å². The van der Waals surface area contributed by atoms with Crippen molar-refractivity contribution in [1.29, 1.82) is 0 Å². The van der Waals surface area contributed by atoms with E-state index in [1.165, 1.54) is 27.2 Å². The summed E-state index contributed by atoms with van der Waals surface area (Å²) in [5.74, 6) is -0.920. The Morgan fingerprint density at radius 3 is 2.45 bits per heavy atom. The van der Waals surface area contributed by atoms with E-state index in [1.807, 2.05) is 0 Å². The number of hydrogen-bond donors (Lipinski definition) is 0. The van der Waals surface area contributed by atoms with Gasteiger partial charge in [0.2, 0.25) is 0 Å². The van der Waals surface area contributed by atoms with Gasteiger partial charge in [-0.15, -0.1) is 0 Å². The molecule has 0 aliphatic rings. The molecule has 1 rings (SSSR count). The van der Waals surface area contributed by atoms with Gasteiger partial charge in [0.15, 0.2) is 11.5 Å². The highest BCUT2D eigenvalue weighted by Gasteiger charge is 2.18. The van der Waals surface area contributed by atoms with Crippen LogP contribution in [0.3, 0.4) is 0 Å². The van der Waals surface area contributed by atoms with E-state index in [-0.39, 0.29) is 16.5 Å². The highest BCUT2D eigenvalue weighted by molar-refractivity contribution is 6.45. The molecule has 0 aromatic heterocycles. The molecule has 1 aromatic rings. The number of oxime groups is 1. The van der Waals surface area contributed by atoms with E-state index in [0.29, 0.717) is 11.1 Å². The molecule has 0 spiro atoms. The van der Waals surface area contributed by atoms with E-state index < -0.39 is 5.97 Å². The lowest BCUT2D eigenvalue weighted by molar-refractivity contribution is -0.132. The Morgan fingerprint density at radius 2 is 1.90 bits per heavy atom. The predicted octanol–water partition coefficient (Wildman–Crippen LogP) is 2.38. The van der Waals surface area contributed by atoms with Crippen molar-refractivity contribution < 1.29 is 19.2 Å². The largest absolute Gasteiger partial charge is 0.464 e. The fraction of sp³-hybridized carbons (Fsp3) is 0.214. The second-order valence-electron chi connectivity index (χ2n) is 3.75. The number of esters is 1. The molecule has 0 fully saturated rings. The molecule has 0 radical (unpaired) electrons. The first-order valence-corrected chi connectivity index (χ1v) is 6.06. The molecule has 0 N–H and O–H groups in total. The van der Waals surface area contributed by atoms with Gasteiger partial charge >= 0.3 is 5.97 Å². The fourth-order valence-electron chi connectivity index (χ4n) is 1.46. The van der Waals surface area contributed by atoms with E-state index in [0.717, 1.165) is 0 Å². The first-order valence-electron chi connectivity index (χ1n) is 5.68. The number of ether oxygens (including phenoxy) is 1. The summed E-state index contributed by atoms with van der Waals surface area (Å²) in [6.07, 6.45) is 1.47. The van der Waals surface area contributed by atoms with Crippen LogP contribution in [0, 0.1) is 0 Å². The Labute approximate surface area is 121 Å². The standard InChI is InChI=1S/C14H14ClNO4/c1-9(17)12(15)8-10-6-4-5-7-11(10)13(16-20-3)14(18)19-2/h4-8H,1-3H3/b12-8-,16-13?. The van der Waals surface area contributed by atoms with E-state index in [1.54, 1.807) is 24.3 Å². The molecule has 0 aliphatic heterocycles. The van der Waals surface area contributed by atoms with Crippen molar-refractivity contribution in [3.8, 4) is 0 Å². The molecule has 0 atom stereocenters. The van der Waals surface area contributed by atoms with Gasteiger partial charge in [0.25, 0.3) is 0 Å². The Morgan fingerprint density at radius 1 is 1.25 bits per heavy atom. The number of methoxy groups -OCH3 is 1. The molecule has 5 nitrogen and oxygen atoms in total. The maximum Gasteiger partial charge on any atom is 0.360 e. The zero-order chi connectivity index (χ0) is 15.1. The summed E-state index contributed by atoms with van der Waals surface area (Å²) in [6, 6.07) is 6.84. The average molecular weight is 296 g/mol. The number of carbonyl (C=O) groups excluding carboxylic acids is 2. The number of benzene rings is 1. The zero-order valence-electron chi connectivity index (χ0n) is 11.3. The van der Waals surface area contributed by atoms with Crippen molar-refractivity contribution in [2.75, 3.05) is 14.2 Å². The molecular formula is C14H14ClNO4. The van der Waals surface area contributed by atoms with Crippen LogP contribution in [0.4, 0.5) is 0 Å². The van der Waals surface area contributed by atoms with Crippen LogP contribution in [-0.2, 0) is 19.2 Å². The van der Waals surface area contributed by atoms with Crippen LogP contribution in [-0.4, -0.2) is 31.7 Å². The quantitative estimate of drug-likeness (QED) is 0.362. The first kappa shape index (κ1) is 15.9. The number of hydrogen-bond acceptors (Lipinski definition) is 5. The van der Waals surface area contributed by atoms with Gasteiger partial charge in [0.1, 0.15) is 7.11 Å². The van der Waals surface area contributed by atoms with Crippen LogP contribution >= 0.6 is 11.6 Å². The van der Waals surface area contributed by atoms with E-state index in [9.17, 15) is 9.59 Å². The number of Topliss-reactive ketones (excluding diaryl/α,β-unsaturated/α-hetero) is 1. The number of halogens is 1. The van der Waals surface area contributed by atoms with Gasteiger partial charge in [-0.25, -0.2) is 4.79 Å². The van der Waals surface area contributed by atoms with Crippen LogP contribution in [0.2, 0.25) is 0 Å². The van der Waals surface area contributed by atoms with Crippen LogP contribution in [0.15, 0.2) is 34.5 Å². The monoisotopic (exact) mass is 295 g/mol.